The van der Waals surface area contributed by atoms with Crippen molar-refractivity contribution in [2.45, 2.75) is 31.9 Å². The van der Waals surface area contributed by atoms with E-state index in [2.05, 4.69) is 5.32 Å². The van der Waals surface area contributed by atoms with Gasteiger partial charge in [-0.3, -0.25) is 4.79 Å². The summed E-state index contributed by atoms with van der Waals surface area (Å²) in [6.45, 7) is 1.92. The predicted octanol–water partition coefficient (Wildman–Crippen LogP) is 3.74. The van der Waals surface area contributed by atoms with Gasteiger partial charge in [-0.15, -0.1) is 0 Å². The highest BCUT2D eigenvalue weighted by atomic mass is 35.5. The van der Waals surface area contributed by atoms with E-state index in [1.807, 2.05) is 13.0 Å². The summed E-state index contributed by atoms with van der Waals surface area (Å²) >= 11 is 5.81. The van der Waals surface area contributed by atoms with E-state index in [0.717, 1.165) is 0 Å². The fraction of sp³-hybridized carbons (Fsp3) is 0.278. The summed E-state index contributed by atoms with van der Waals surface area (Å²) in [6, 6.07) is 13.4. The number of hydrogen-bond acceptors (Lipinski definition) is 3. The summed E-state index contributed by atoms with van der Waals surface area (Å²) < 4.78 is 0. The maximum atomic E-state index is 12.2. The molecule has 0 aliphatic rings. The number of carbonyl (C=O) groups excluding carboxylic acids is 1. The van der Waals surface area contributed by atoms with Crippen LogP contribution in [0.25, 0.3) is 0 Å². The molecule has 0 aliphatic heterocycles. The molecule has 0 saturated heterocycles. The first kappa shape index (κ1) is 17.3. The second-order valence-corrected chi connectivity index (χ2v) is 5.80. The number of phenols is 1. The quantitative estimate of drug-likeness (QED) is 0.754. The number of phenolic OH excluding ortho intramolecular Hbond substituents is 1. The molecule has 122 valence electrons. The molecule has 1 amide bonds. The Labute approximate surface area is 140 Å². The second-order valence-electron chi connectivity index (χ2n) is 5.36. The van der Waals surface area contributed by atoms with Gasteiger partial charge < -0.3 is 15.5 Å². The molecular weight excluding hydrogens is 314 g/mol. The minimum absolute atomic E-state index is 0.0499. The van der Waals surface area contributed by atoms with Crippen LogP contribution in [0.5, 0.6) is 5.75 Å². The molecule has 0 fully saturated rings. The number of aromatic hydroxyl groups is 1. The van der Waals surface area contributed by atoms with Crippen molar-refractivity contribution in [2.75, 3.05) is 0 Å². The average molecular weight is 334 g/mol. The number of benzene rings is 2. The lowest BCUT2D eigenvalue weighted by Gasteiger charge is -2.19. The van der Waals surface area contributed by atoms with Crippen LogP contribution in [0.4, 0.5) is 0 Å². The van der Waals surface area contributed by atoms with E-state index < -0.39 is 6.10 Å². The van der Waals surface area contributed by atoms with Crippen molar-refractivity contribution in [2.24, 2.45) is 0 Å². The Morgan fingerprint density at radius 3 is 2.43 bits per heavy atom. The number of hydrogen-bond donors (Lipinski definition) is 3. The number of halogens is 1. The minimum Gasteiger partial charge on any atom is -0.508 e. The molecule has 0 bridgehead atoms. The summed E-state index contributed by atoms with van der Waals surface area (Å²) in [5.74, 6) is -0.125. The van der Waals surface area contributed by atoms with Gasteiger partial charge in [0.25, 0.3) is 0 Å². The van der Waals surface area contributed by atoms with Crippen LogP contribution < -0.4 is 5.32 Å². The van der Waals surface area contributed by atoms with Crippen LogP contribution >= 0.6 is 11.6 Å². The molecule has 2 aromatic rings. The molecule has 0 aromatic heterocycles. The average Bonchev–Trinajstić information content (AvgIpc) is 2.54. The van der Waals surface area contributed by atoms with E-state index in [4.69, 9.17) is 11.6 Å². The lowest BCUT2D eigenvalue weighted by Crippen LogP contribution is -2.29. The Hall–Kier alpha value is -2.04. The van der Waals surface area contributed by atoms with Crippen molar-refractivity contribution in [1.29, 1.82) is 0 Å². The van der Waals surface area contributed by atoms with Crippen LogP contribution in [0.2, 0.25) is 5.02 Å². The molecule has 2 rings (SSSR count). The van der Waals surface area contributed by atoms with Crippen molar-refractivity contribution < 1.29 is 15.0 Å². The summed E-state index contributed by atoms with van der Waals surface area (Å²) in [5.41, 5.74) is 1.31. The van der Waals surface area contributed by atoms with Gasteiger partial charge in [-0.05, 0) is 30.2 Å². The molecule has 0 radical (unpaired) electrons. The zero-order valence-corrected chi connectivity index (χ0v) is 13.6. The lowest BCUT2D eigenvalue weighted by molar-refractivity contribution is -0.123. The number of para-hydroxylation sites is 1. The molecule has 0 spiro atoms. The van der Waals surface area contributed by atoms with Crippen molar-refractivity contribution in [3.63, 3.8) is 0 Å². The Morgan fingerprint density at radius 2 is 1.83 bits per heavy atom. The number of aliphatic hydroxyl groups is 1. The Kier molecular flexibility index (Phi) is 6.02. The van der Waals surface area contributed by atoms with Crippen molar-refractivity contribution in [3.05, 3.63) is 64.7 Å². The molecule has 2 unspecified atom stereocenters. The fourth-order valence-electron chi connectivity index (χ4n) is 2.41. The molecule has 4 nitrogen and oxygen atoms in total. The Bertz CT molecular complexity index is 658. The lowest BCUT2D eigenvalue weighted by atomic mass is 10.0. The zero-order chi connectivity index (χ0) is 16.8. The highest BCUT2D eigenvalue weighted by Crippen LogP contribution is 2.26. The smallest absolute Gasteiger partial charge is 0.223 e. The van der Waals surface area contributed by atoms with Gasteiger partial charge in [0.05, 0.1) is 18.6 Å². The molecule has 5 heteroatoms. The van der Waals surface area contributed by atoms with Gasteiger partial charge in [0.2, 0.25) is 5.91 Å². The van der Waals surface area contributed by atoms with Gasteiger partial charge in [0.15, 0.2) is 0 Å². The molecule has 3 N–H and O–H groups in total. The fourth-order valence-corrected chi connectivity index (χ4v) is 2.54. The zero-order valence-electron chi connectivity index (χ0n) is 12.9. The van der Waals surface area contributed by atoms with Gasteiger partial charge in [0.1, 0.15) is 5.75 Å². The van der Waals surface area contributed by atoms with Crippen molar-refractivity contribution in [1.82, 2.24) is 5.32 Å². The van der Waals surface area contributed by atoms with Crippen LogP contribution in [0.3, 0.4) is 0 Å². The first-order valence-electron chi connectivity index (χ1n) is 7.52. The summed E-state index contributed by atoms with van der Waals surface area (Å²) in [4.78, 5) is 12.2. The van der Waals surface area contributed by atoms with Crippen LogP contribution in [0.1, 0.15) is 43.0 Å². The molecule has 0 aliphatic carbocycles. The monoisotopic (exact) mass is 333 g/mol. The first-order valence-corrected chi connectivity index (χ1v) is 7.89. The first-order chi connectivity index (χ1) is 11.0. The largest absolute Gasteiger partial charge is 0.508 e. The third-order valence-corrected chi connectivity index (χ3v) is 3.94. The number of rotatable bonds is 6. The summed E-state index contributed by atoms with van der Waals surface area (Å²) in [7, 11) is 0. The SMILES string of the molecule is CCC(NC(=O)CC(O)c1ccc(Cl)cc1)c1ccccc1O. The Morgan fingerprint density at radius 1 is 1.17 bits per heavy atom. The molecule has 0 saturated carbocycles. The number of amides is 1. The minimum atomic E-state index is -0.894. The van der Waals surface area contributed by atoms with Crippen molar-refractivity contribution in [3.8, 4) is 5.75 Å². The Balaban J connectivity index is 2.00. The normalized spacial score (nSPS) is 13.3. The predicted molar refractivity (Wildman–Crippen MR) is 90.3 cm³/mol. The van der Waals surface area contributed by atoms with Gasteiger partial charge in [0, 0.05) is 10.6 Å². The van der Waals surface area contributed by atoms with E-state index in [0.29, 0.717) is 22.6 Å². The van der Waals surface area contributed by atoms with E-state index in [1.54, 1.807) is 42.5 Å². The molecular formula is C18H20ClNO3. The van der Waals surface area contributed by atoms with Crippen molar-refractivity contribution >= 4 is 17.5 Å². The van der Waals surface area contributed by atoms with Gasteiger partial charge in [-0.25, -0.2) is 0 Å². The summed E-state index contributed by atoms with van der Waals surface area (Å²) in [6.07, 6.45) is -0.305. The van der Waals surface area contributed by atoms with Gasteiger partial charge in [-0.2, -0.15) is 0 Å². The van der Waals surface area contributed by atoms with Gasteiger partial charge >= 0.3 is 0 Å². The molecule has 2 aromatic carbocycles. The maximum absolute atomic E-state index is 12.2. The topological polar surface area (TPSA) is 69.6 Å². The van der Waals surface area contributed by atoms with Gasteiger partial charge in [-0.1, -0.05) is 48.9 Å². The number of aliphatic hydroxyl groups excluding tert-OH is 1. The van der Waals surface area contributed by atoms with Crippen LogP contribution in [-0.4, -0.2) is 16.1 Å². The number of nitrogens with one attached hydrogen (secondary N) is 1. The summed E-state index contributed by atoms with van der Waals surface area (Å²) in [5, 5.41) is 23.5. The van der Waals surface area contributed by atoms with Crippen LogP contribution in [0.15, 0.2) is 48.5 Å². The highest BCUT2D eigenvalue weighted by molar-refractivity contribution is 6.30. The van der Waals surface area contributed by atoms with E-state index in [1.165, 1.54) is 0 Å². The number of carbonyl (C=O) groups is 1. The third-order valence-electron chi connectivity index (χ3n) is 3.69. The third kappa shape index (κ3) is 4.71. The second kappa shape index (κ2) is 7.99. The maximum Gasteiger partial charge on any atom is 0.223 e. The molecule has 0 heterocycles. The van der Waals surface area contributed by atoms with E-state index >= 15 is 0 Å². The van der Waals surface area contributed by atoms with E-state index in [-0.39, 0.29) is 24.1 Å². The molecule has 23 heavy (non-hydrogen) atoms. The highest BCUT2D eigenvalue weighted by Gasteiger charge is 2.18. The van der Waals surface area contributed by atoms with Crippen LogP contribution in [0, 0.1) is 0 Å². The standard InChI is InChI=1S/C18H20ClNO3/c1-2-15(14-5-3-4-6-16(14)21)20-18(23)11-17(22)12-7-9-13(19)10-8-12/h3-10,15,17,21-22H,2,11H2,1H3,(H,20,23). The molecule has 2 atom stereocenters. The van der Waals surface area contributed by atoms with Crippen LogP contribution in [-0.2, 0) is 4.79 Å². The van der Waals surface area contributed by atoms with E-state index in [9.17, 15) is 15.0 Å².